The second-order valence-corrected chi connectivity index (χ2v) is 5.87. The topological polar surface area (TPSA) is 32.7 Å². The van der Waals surface area contributed by atoms with Crippen LogP contribution in [0.3, 0.4) is 0 Å². The summed E-state index contributed by atoms with van der Waals surface area (Å²) in [5, 5.41) is 10.1. The van der Waals surface area contributed by atoms with Crippen molar-refractivity contribution < 1.29 is 9.84 Å². The highest BCUT2D eigenvalue weighted by molar-refractivity contribution is 9.10. The van der Waals surface area contributed by atoms with Crippen molar-refractivity contribution in [2.24, 2.45) is 0 Å². The summed E-state index contributed by atoms with van der Waals surface area (Å²) in [5.41, 5.74) is 2.98. The maximum Gasteiger partial charge on any atom is 0.126 e. The zero-order chi connectivity index (χ0) is 15.4. The summed E-state index contributed by atoms with van der Waals surface area (Å²) in [6.07, 6.45) is -0.585. The number of anilines is 1. The minimum atomic E-state index is -0.585. The number of halogens is 1. The van der Waals surface area contributed by atoms with E-state index in [-0.39, 0.29) is 0 Å². The summed E-state index contributed by atoms with van der Waals surface area (Å²) in [7, 11) is 3.64. The van der Waals surface area contributed by atoms with Gasteiger partial charge in [-0.3, -0.25) is 0 Å². The van der Waals surface area contributed by atoms with Gasteiger partial charge >= 0.3 is 0 Å². The maximum atomic E-state index is 10.1. The first-order valence-electron chi connectivity index (χ1n) is 6.84. The van der Waals surface area contributed by atoms with Crippen molar-refractivity contribution in [3.63, 3.8) is 0 Å². The van der Waals surface area contributed by atoms with Gasteiger partial charge in [0.2, 0.25) is 0 Å². The average Bonchev–Trinajstić information content (AvgIpc) is 2.48. The predicted molar refractivity (Wildman–Crippen MR) is 89.9 cm³/mol. The lowest BCUT2D eigenvalue weighted by atomic mass is 10.1. The lowest BCUT2D eigenvalue weighted by molar-refractivity contribution is 0.194. The second-order valence-electron chi connectivity index (χ2n) is 5.02. The van der Waals surface area contributed by atoms with Gasteiger partial charge in [0, 0.05) is 29.3 Å². The van der Waals surface area contributed by atoms with Gasteiger partial charge in [-0.2, -0.15) is 0 Å². The zero-order valence-corrected chi connectivity index (χ0v) is 14.1. The Morgan fingerprint density at radius 2 is 1.90 bits per heavy atom. The van der Waals surface area contributed by atoms with Crippen LogP contribution in [-0.4, -0.2) is 19.3 Å². The van der Waals surface area contributed by atoms with Gasteiger partial charge in [-0.25, -0.2) is 0 Å². The van der Waals surface area contributed by atoms with E-state index >= 15 is 0 Å². The number of nitrogens with zero attached hydrogens (tertiary/aromatic N) is 1. The molecule has 0 aliphatic carbocycles. The third-order valence-electron chi connectivity index (χ3n) is 3.46. The molecule has 1 unspecified atom stereocenters. The van der Waals surface area contributed by atoms with E-state index in [0.717, 1.165) is 22.3 Å². The summed E-state index contributed by atoms with van der Waals surface area (Å²) >= 11 is 3.57. The number of methoxy groups -OCH3 is 1. The Bertz CT molecular complexity index is 613. The lowest BCUT2D eigenvalue weighted by Crippen LogP contribution is -2.19. The van der Waals surface area contributed by atoms with Gasteiger partial charge in [-0.15, -0.1) is 0 Å². The Morgan fingerprint density at radius 1 is 1.19 bits per heavy atom. The Hall–Kier alpha value is -1.52. The van der Waals surface area contributed by atoms with Crippen molar-refractivity contribution >= 4 is 21.6 Å². The summed E-state index contributed by atoms with van der Waals surface area (Å²) in [4.78, 5) is 2.12. The third kappa shape index (κ3) is 3.57. The van der Waals surface area contributed by atoms with Gasteiger partial charge < -0.3 is 14.7 Å². The van der Waals surface area contributed by atoms with Crippen molar-refractivity contribution in [3.05, 3.63) is 58.1 Å². The molecule has 3 nitrogen and oxygen atoms in total. The van der Waals surface area contributed by atoms with Crippen LogP contribution in [0.2, 0.25) is 0 Å². The van der Waals surface area contributed by atoms with Crippen LogP contribution in [-0.2, 0) is 6.54 Å². The number of rotatable bonds is 5. The number of hydrogen-bond donors (Lipinski definition) is 1. The molecular weight excluding hydrogens is 330 g/mol. The van der Waals surface area contributed by atoms with Gasteiger partial charge in [0.1, 0.15) is 5.75 Å². The molecule has 2 rings (SSSR count). The van der Waals surface area contributed by atoms with Crippen molar-refractivity contribution in [1.82, 2.24) is 0 Å². The molecule has 21 heavy (non-hydrogen) atoms. The van der Waals surface area contributed by atoms with E-state index in [2.05, 4.69) is 26.9 Å². The first kappa shape index (κ1) is 15.9. The Balaban J connectivity index is 2.35. The molecule has 2 aromatic carbocycles. The lowest BCUT2D eigenvalue weighted by Gasteiger charge is -2.25. The van der Waals surface area contributed by atoms with Gasteiger partial charge in [0.25, 0.3) is 0 Å². The Kier molecular flexibility index (Phi) is 5.26. The molecule has 0 aromatic heterocycles. The Morgan fingerprint density at radius 3 is 2.52 bits per heavy atom. The fourth-order valence-corrected chi connectivity index (χ4v) is 2.84. The first-order chi connectivity index (χ1) is 10.0. The van der Waals surface area contributed by atoms with E-state index in [4.69, 9.17) is 4.74 Å². The van der Waals surface area contributed by atoms with Crippen molar-refractivity contribution in [3.8, 4) is 5.75 Å². The first-order valence-corrected chi connectivity index (χ1v) is 7.63. The molecular formula is C17H20BrNO2. The van der Waals surface area contributed by atoms with E-state index in [9.17, 15) is 5.11 Å². The normalized spacial score (nSPS) is 12.0. The number of benzene rings is 2. The third-order valence-corrected chi connectivity index (χ3v) is 4.23. The zero-order valence-electron chi connectivity index (χ0n) is 12.5. The van der Waals surface area contributed by atoms with E-state index in [1.165, 1.54) is 5.56 Å². The molecule has 1 atom stereocenters. The number of hydrogen-bond acceptors (Lipinski definition) is 3. The maximum absolute atomic E-state index is 10.1. The highest BCUT2D eigenvalue weighted by Gasteiger charge is 2.17. The molecule has 112 valence electrons. The standard InChI is InChI=1S/C17H20BrNO2/c1-12(20)17-15(9-6-10-16(17)21-3)19(2)11-13-7-4-5-8-14(13)18/h4-10,12,20H,11H2,1-3H3. The van der Waals surface area contributed by atoms with Gasteiger partial charge in [0.05, 0.1) is 13.2 Å². The second kappa shape index (κ2) is 6.96. The summed E-state index contributed by atoms with van der Waals surface area (Å²) in [6, 6.07) is 14.0. The van der Waals surface area contributed by atoms with E-state index in [1.807, 2.05) is 43.4 Å². The van der Waals surface area contributed by atoms with Crippen molar-refractivity contribution in [2.45, 2.75) is 19.6 Å². The molecule has 0 fully saturated rings. The monoisotopic (exact) mass is 349 g/mol. The molecule has 0 spiro atoms. The van der Waals surface area contributed by atoms with E-state index in [1.54, 1.807) is 14.0 Å². The van der Waals surface area contributed by atoms with Crippen molar-refractivity contribution in [1.29, 1.82) is 0 Å². The molecule has 1 N–H and O–H groups in total. The molecule has 0 amide bonds. The largest absolute Gasteiger partial charge is 0.496 e. The van der Waals surface area contributed by atoms with Gasteiger partial charge in [-0.05, 0) is 30.7 Å². The molecule has 0 aliphatic rings. The fraction of sp³-hybridized carbons (Fsp3) is 0.294. The molecule has 0 heterocycles. The summed E-state index contributed by atoms with van der Waals surface area (Å²) in [6.45, 7) is 2.50. The Labute approximate surface area is 134 Å². The predicted octanol–water partition coefficient (Wildman–Crippen LogP) is 4.15. The molecule has 0 radical (unpaired) electrons. The van der Waals surface area contributed by atoms with Crippen LogP contribution >= 0.6 is 15.9 Å². The van der Waals surface area contributed by atoms with Crippen LogP contribution in [0.4, 0.5) is 5.69 Å². The molecule has 0 saturated heterocycles. The van der Waals surface area contributed by atoms with Crippen LogP contribution in [0.25, 0.3) is 0 Å². The summed E-state index contributed by atoms with van der Waals surface area (Å²) in [5.74, 6) is 0.710. The SMILES string of the molecule is COc1cccc(N(C)Cc2ccccc2Br)c1C(C)O. The minimum Gasteiger partial charge on any atom is -0.496 e. The smallest absolute Gasteiger partial charge is 0.126 e. The van der Waals surface area contributed by atoms with Crippen LogP contribution in [0.1, 0.15) is 24.2 Å². The highest BCUT2D eigenvalue weighted by Crippen LogP contribution is 2.35. The molecule has 0 aliphatic heterocycles. The number of ether oxygens (including phenoxy) is 1. The van der Waals surface area contributed by atoms with Crippen LogP contribution in [0, 0.1) is 0 Å². The van der Waals surface area contributed by atoms with Crippen LogP contribution < -0.4 is 9.64 Å². The quantitative estimate of drug-likeness (QED) is 0.880. The molecule has 4 heteroatoms. The number of aliphatic hydroxyl groups is 1. The minimum absolute atomic E-state index is 0.585. The highest BCUT2D eigenvalue weighted by atomic mass is 79.9. The van der Waals surface area contributed by atoms with Gasteiger partial charge in [0.15, 0.2) is 0 Å². The van der Waals surface area contributed by atoms with Crippen LogP contribution in [0.15, 0.2) is 46.9 Å². The van der Waals surface area contributed by atoms with E-state index < -0.39 is 6.10 Å². The number of aliphatic hydroxyl groups excluding tert-OH is 1. The average molecular weight is 350 g/mol. The fourth-order valence-electron chi connectivity index (χ4n) is 2.43. The summed E-state index contributed by atoms with van der Waals surface area (Å²) < 4.78 is 6.46. The van der Waals surface area contributed by atoms with E-state index in [0.29, 0.717) is 5.75 Å². The van der Waals surface area contributed by atoms with Crippen LogP contribution in [0.5, 0.6) is 5.75 Å². The molecule has 0 saturated carbocycles. The van der Waals surface area contributed by atoms with Gasteiger partial charge in [-0.1, -0.05) is 40.2 Å². The van der Waals surface area contributed by atoms with Crippen molar-refractivity contribution in [2.75, 3.05) is 19.1 Å². The molecule has 0 bridgehead atoms. The molecule has 2 aromatic rings.